The van der Waals surface area contributed by atoms with Crippen molar-refractivity contribution in [3.8, 4) is 0 Å². The van der Waals surface area contributed by atoms with Gasteiger partial charge in [0.2, 0.25) is 0 Å². The number of hydrogen-bond acceptors (Lipinski definition) is 3. The average Bonchev–Trinajstić information content (AvgIpc) is 2.77. The second kappa shape index (κ2) is 4.87. The van der Waals surface area contributed by atoms with Gasteiger partial charge in [0.15, 0.2) is 0 Å². The van der Waals surface area contributed by atoms with E-state index in [9.17, 15) is 0 Å². The summed E-state index contributed by atoms with van der Waals surface area (Å²) in [5.41, 5.74) is 0.494. The van der Waals surface area contributed by atoms with Crippen LogP contribution in [0.25, 0.3) is 0 Å². The van der Waals surface area contributed by atoms with E-state index in [2.05, 4.69) is 22.2 Å². The number of piperidine rings is 1. The van der Waals surface area contributed by atoms with E-state index in [1.807, 2.05) is 0 Å². The van der Waals surface area contributed by atoms with Crippen LogP contribution < -0.4 is 5.32 Å². The molecule has 3 rings (SSSR count). The molecule has 3 fully saturated rings. The first-order chi connectivity index (χ1) is 8.27. The Morgan fingerprint density at radius 2 is 1.94 bits per heavy atom. The zero-order chi connectivity index (χ0) is 11.7. The van der Waals surface area contributed by atoms with Crippen molar-refractivity contribution < 1.29 is 0 Å². The number of likely N-dealkylation sites (tertiary alicyclic amines) is 1. The standard InChI is InChI=1S/C14H27N3/c1-16-9-4-5-13(11-16)17-10-8-15-14(12-17)6-2-3-7-14/h13,15H,2-12H2,1H3. The first kappa shape index (κ1) is 11.9. The van der Waals surface area contributed by atoms with E-state index < -0.39 is 0 Å². The molecule has 3 aliphatic rings. The third-order valence-electron chi connectivity index (χ3n) is 5.08. The van der Waals surface area contributed by atoms with E-state index in [4.69, 9.17) is 0 Å². The summed E-state index contributed by atoms with van der Waals surface area (Å²) in [7, 11) is 2.28. The molecule has 0 aromatic rings. The Labute approximate surface area is 106 Å². The summed E-state index contributed by atoms with van der Waals surface area (Å²) in [6.45, 7) is 6.37. The molecular weight excluding hydrogens is 210 g/mol. The van der Waals surface area contributed by atoms with Crippen molar-refractivity contribution in [2.75, 3.05) is 39.8 Å². The Balaban J connectivity index is 1.62. The molecule has 1 spiro atoms. The third kappa shape index (κ3) is 2.51. The highest BCUT2D eigenvalue weighted by Gasteiger charge is 2.39. The van der Waals surface area contributed by atoms with E-state index in [0.29, 0.717) is 5.54 Å². The number of hydrogen-bond donors (Lipinski definition) is 1. The summed E-state index contributed by atoms with van der Waals surface area (Å²) >= 11 is 0. The lowest BCUT2D eigenvalue weighted by Crippen LogP contribution is -2.62. The number of likely N-dealkylation sites (N-methyl/N-ethyl adjacent to an activating group) is 1. The normalized spacial score (nSPS) is 35.5. The van der Waals surface area contributed by atoms with Crippen LogP contribution in [0.15, 0.2) is 0 Å². The van der Waals surface area contributed by atoms with Crippen LogP contribution in [0.5, 0.6) is 0 Å². The smallest absolute Gasteiger partial charge is 0.0309 e. The van der Waals surface area contributed by atoms with Crippen molar-refractivity contribution in [2.24, 2.45) is 0 Å². The van der Waals surface area contributed by atoms with Crippen molar-refractivity contribution in [3.63, 3.8) is 0 Å². The topological polar surface area (TPSA) is 18.5 Å². The minimum absolute atomic E-state index is 0.494. The van der Waals surface area contributed by atoms with Crippen molar-refractivity contribution >= 4 is 0 Å². The summed E-state index contributed by atoms with van der Waals surface area (Å²) in [6, 6.07) is 0.827. The van der Waals surface area contributed by atoms with Gasteiger partial charge in [-0.15, -0.1) is 0 Å². The number of piperazine rings is 1. The fraction of sp³-hybridized carbons (Fsp3) is 1.00. The van der Waals surface area contributed by atoms with Crippen molar-refractivity contribution in [1.82, 2.24) is 15.1 Å². The molecule has 2 saturated heterocycles. The molecule has 1 aliphatic carbocycles. The maximum atomic E-state index is 3.82. The Hall–Kier alpha value is -0.120. The van der Waals surface area contributed by atoms with Crippen LogP contribution in [0.2, 0.25) is 0 Å². The lowest BCUT2D eigenvalue weighted by atomic mass is 9.92. The zero-order valence-corrected chi connectivity index (χ0v) is 11.2. The Bertz CT molecular complexity index is 260. The molecule has 2 heterocycles. The molecule has 3 nitrogen and oxygen atoms in total. The maximum absolute atomic E-state index is 3.82. The summed E-state index contributed by atoms with van der Waals surface area (Å²) in [5, 5.41) is 3.82. The van der Waals surface area contributed by atoms with Gasteiger partial charge in [-0.1, -0.05) is 12.8 Å². The van der Waals surface area contributed by atoms with Gasteiger partial charge in [-0.2, -0.15) is 0 Å². The molecule has 1 unspecified atom stereocenters. The molecular formula is C14H27N3. The molecule has 1 saturated carbocycles. The molecule has 3 heteroatoms. The van der Waals surface area contributed by atoms with Crippen LogP contribution in [-0.4, -0.2) is 61.2 Å². The van der Waals surface area contributed by atoms with Gasteiger partial charge in [0.05, 0.1) is 0 Å². The van der Waals surface area contributed by atoms with Crippen molar-refractivity contribution in [2.45, 2.75) is 50.1 Å². The van der Waals surface area contributed by atoms with E-state index in [0.717, 1.165) is 6.04 Å². The first-order valence-electron chi connectivity index (χ1n) is 7.45. The zero-order valence-electron chi connectivity index (χ0n) is 11.2. The van der Waals surface area contributed by atoms with Crippen LogP contribution in [0.3, 0.4) is 0 Å². The number of nitrogens with one attached hydrogen (secondary N) is 1. The predicted octanol–water partition coefficient (Wildman–Crippen LogP) is 1.30. The molecule has 0 aromatic carbocycles. The van der Waals surface area contributed by atoms with E-state index >= 15 is 0 Å². The summed E-state index contributed by atoms with van der Waals surface area (Å²) in [5.74, 6) is 0. The van der Waals surface area contributed by atoms with E-state index in [1.54, 1.807) is 0 Å². The second-order valence-electron chi connectivity index (χ2n) is 6.44. The van der Waals surface area contributed by atoms with Gasteiger partial charge in [-0.05, 0) is 39.3 Å². The van der Waals surface area contributed by atoms with Crippen LogP contribution in [0.4, 0.5) is 0 Å². The molecule has 1 N–H and O–H groups in total. The minimum atomic E-state index is 0.494. The second-order valence-corrected chi connectivity index (χ2v) is 6.44. The summed E-state index contributed by atoms with van der Waals surface area (Å²) < 4.78 is 0. The highest BCUT2D eigenvalue weighted by Crippen LogP contribution is 2.33. The van der Waals surface area contributed by atoms with Crippen molar-refractivity contribution in [1.29, 1.82) is 0 Å². The van der Waals surface area contributed by atoms with Crippen LogP contribution >= 0.6 is 0 Å². The van der Waals surface area contributed by atoms with Crippen LogP contribution in [0, 0.1) is 0 Å². The Morgan fingerprint density at radius 3 is 2.71 bits per heavy atom. The van der Waals surface area contributed by atoms with Gasteiger partial charge in [-0.25, -0.2) is 0 Å². The largest absolute Gasteiger partial charge is 0.309 e. The quantitative estimate of drug-likeness (QED) is 0.741. The van der Waals surface area contributed by atoms with Gasteiger partial charge < -0.3 is 10.2 Å². The summed E-state index contributed by atoms with van der Waals surface area (Å²) in [4.78, 5) is 5.30. The third-order valence-corrected chi connectivity index (χ3v) is 5.08. The maximum Gasteiger partial charge on any atom is 0.0309 e. The van der Waals surface area contributed by atoms with Gasteiger partial charge in [0, 0.05) is 37.8 Å². The lowest BCUT2D eigenvalue weighted by Gasteiger charge is -2.47. The fourth-order valence-electron chi connectivity index (χ4n) is 4.12. The molecule has 0 radical (unpaired) electrons. The minimum Gasteiger partial charge on any atom is -0.309 e. The molecule has 98 valence electrons. The highest BCUT2D eigenvalue weighted by atomic mass is 15.3. The van der Waals surface area contributed by atoms with Gasteiger partial charge in [0.25, 0.3) is 0 Å². The highest BCUT2D eigenvalue weighted by molar-refractivity contribution is 5.00. The fourth-order valence-corrected chi connectivity index (χ4v) is 4.12. The molecule has 0 aromatic heterocycles. The van der Waals surface area contributed by atoms with E-state index in [1.165, 1.54) is 71.2 Å². The molecule has 0 bridgehead atoms. The van der Waals surface area contributed by atoms with E-state index in [-0.39, 0.29) is 0 Å². The Kier molecular flexibility index (Phi) is 3.42. The van der Waals surface area contributed by atoms with Gasteiger partial charge in [-0.3, -0.25) is 4.90 Å². The monoisotopic (exact) mass is 237 g/mol. The summed E-state index contributed by atoms with van der Waals surface area (Å²) in [6.07, 6.45) is 8.49. The van der Waals surface area contributed by atoms with Crippen molar-refractivity contribution in [3.05, 3.63) is 0 Å². The van der Waals surface area contributed by atoms with Crippen LogP contribution in [0.1, 0.15) is 38.5 Å². The van der Waals surface area contributed by atoms with Gasteiger partial charge >= 0.3 is 0 Å². The molecule has 17 heavy (non-hydrogen) atoms. The number of nitrogens with zero attached hydrogens (tertiary/aromatic N) is 2. The number of rotatable bonds is 1. The SMILES string of the molecule is CN1CCCC(N2CCNC3(CCCC3)C2)C1. The Morgan fingerprint density at radius 1 is 1.12 bits per heavy atom. The lowest BCUT2D eigenvalue weighted by molar-refractivity contribution is 0.0556. The molecule has 1 atom stereocenters. The molecule has 0 amide bonds. The predicted molar refractivity (Wildman–Crippen MR) is 71.3 cm³/mol. The van der Waals surface area contributed by atoms with Gasteiger partial charge in [0.1, 0.15) is 0 Å². The van der Waals surface area contributed by atoms with Crippen LogP contribution in [-0.2, 0) is 0 Å². The molecule has 2 aliphatic heterocycles. The first-order valence-corrected chi connectivity index (χ1v) is 7.45. The average molecular weight is 237 g/mol.